The Balaban J connectivity index is 1.79. The number of thioether (sulfide) groups is 1. The molecular formula is C23H21N3O4S2. The van der Waals surface area contributed by atoms with Crippen LogP contribution in [0.4, 0.5) is 5.69 Å². The van der Waals surface area contributed by atoms with Crippen LogP contribution in [0.1, 0.15) is 12.0 Å². The summed E-state index contributed by atoms with van der Waals surface area (Å²) in [6.07, 6.45) is 1.88. The second-order valence-electron chi connectivity index (χ2n) is 6.67. The van der Waals surface area contributed by atoms with Gasteiger partial charge in [-0.25, -0.2) is 0 Å². The monoisotopic (exact) mass is 467 g/mol. The number of methoxy groups -OCH3 is 2. The number of carbonyl (C=O) groups is 2. The van der Waals surface area contributed by atoms with E-state index in [-0.39, 0.29) is 31.3 Å². The highest BCUT2D eigenvalue weighted by Crippen LogP contribution is 2.34. The van der Waals surface area contributed by atoms with E-state index >= 15 is 0 Å². The Labute approximate surface area is 196 Å². The lowest BCUT2D eigenvalue weighted by molar-refractivity contribution is -0.127. The lowest BCUT2D eigenvalue weighted by Crippen LogP contribution is -2.42. The van der Waals surface area contributed by atoms with Crippen molar-refractivity contribution in [1.82, 2.24) is 4.90 Å². The first-order valence-electron chi connectivity index (χ1n) is 9.68. The van der Waals surface area contributed by atoms with Crippen LogP contribution in [0, 0.1) is 11.3 Å². The third-order valence-electron chi connectivity index (χ3n) is 4.69. The molecule has 3 rings (SSSR count). The Morgan fingerprint density at radius 2 is 1.91 bits per heavy atom. The summed E-state index contributed by atoms with van der Waals surface area (Å²) in [6.45, 7) is 0.0316. The van der Waals surface area contributed by atoms with Gasteiger partial charge in [0.2, 0.25) is 5.91 Å². The van der Waals surface area contributed by atoms with Gasteiger partial charge < -0.3 is 14.4 Å². The van der Waals surface area contributed by atoms with Gasteiger partial charge in [0.1, 0.15) is 10.9 Å². The number of carbonyl (C=O) groups excluding carboxylic acids is 2. The minimum absolute atomic E-state index is 0.179. The predicted molar refractivity (Wildman–Crippen MR) is 128 cm³/mol. The van der Waals surface area contributed by atoms with Crippen LogP contribution in [-0.4, -0.2) is 48.3 Å². The number of hydrogen-bond acceptors (Lipinski definition) is 7. The number of rotatable bonds is 8. The van der Waals surface area contributed by atoms with E-state index in [0.717, 1.165) is 17.3 Å². The van der Waals surface area contributed by atoms with Gasteiger partial charge >= 0.3 is 0 Å². The Bertz CT molecular complexity index is 1100. The second-order valence-corrected chi connectivity index (χ2v) is 8.35. The number of hydrogen-bond donors (Lipinski definition) is 0. The van der Waals surface area contributed by atoms with E-state index in [4.69, 9.17) is 27.0 Å². The Kier molecular flexibility index (Phi) is 7.87. The summed E-state index contributed by atoms with van der Waals surface area (Å²) in [7, 11) is 3.09. The molecule has 1 aliphatic rings. The van der Waals surface area contributed by atoms with Crippen LogP contribution in [-0.2, 0) is 9.59 Å². The third kappa shape index (κ3) is 5.28. The van der Waals surface area contributed by atoms with Crippen molar-refractivity contribution in [3.8, 4) is 17.6 Å². The maximum absolute atomic E-state index is 13.0. The quantitative estimate of drug-likeness (QED) is 0.431. The van der Waals surface area contributed by atoms with E-state index in [9.17, 15) is 9.59 Å². The van der Waals surface area contributed by atoms with E-state index in [2.05, 4.69) is 6.07 Å². The summed E-state index contributed by atoms with van der Waals surface area (Å²) in [5, 5.41) is 8.96. The largest absolute Gasteiger partial charge is 0.493 e. The molecule has 2 amide bonds. The zero-order valence-electron chi connectivity index (χ0n) is 17.6. The zero-order chi connectivity index (χ0) is 23.1. The van der Waals surface area contributed by atoms with Gasteiger partial charge in [-0.1, -0.05) is 48.2 Å². The highest BCUT2D eigenvalue weighted by atomic mass is 32.2. The predicted octanol–water partition coefficient (Wildman–Crippen LogP) is 3.85. The Hall–Kier alpha value is -3.35. The Morgan fingerprint density at radius 3 is 2.56 bits per heavy atom. The number of ether oxygens (including phenoxy) is 2. The average Bonchev–Trinajstić information content (AvgIpc) is 3.07. The van der Waals surface area contributed by atoms with Gasteiger partial charge in [0.25, 0.3) is 5.91 Å². The number of para-hydroxylation sites is 1. The highest BCUT2D eigenvalue weighted by molar-refractivity contribution is 8.26. The molecule has 2 aromatic rings. The molecule has 1 aliphatic heterocycles. The van der Waals surface area contributed by atoms with Crippen molar-refractivity contribution in [1.29, 1.82) is 5.26 Å². The van der Waals surface area contributed by atoms with Gasteiger partial charge in [-0.05, 0) is 35.9 Å². The first-order chi connectivity index (χ1) is 15.5. The third-order valence-corrected chi connectivity index (χ3v) is 6.07. The number of amides is 2. The molecule has 0 radical (unpaired) electrons. The number of benzene rings is 2. The molecule has 0 atom stereocenters. The summed E-state index contributed by atoms with van der Waals surface area (Å²) >= 11 is 6.51. The fourth-order valence-electron chi connectivity index (χ4n) is 3.12. The van der Waals surface area contributed by atoms with Crippen LogP contribution in [0.5, 0.6) is 11.5 Å². The van der Waals surface area contributed by atoms with Crippen molar-refractivity contribution in [2.75, 3.05) is 32.2 Å². The molecule has 1 fully saturated rings. The molecule has 0 N–H and O–H groups in total. The van der Waals surface area contributed by atoms with Gasteiger partial charge in [0, 0.05) is 12.2 Å². The lowest BCUT2D eigenvalue weighted by Gasteiger charge is -2.24. The minimum Gasteiger partial charge on any atom is -0.493 e. The number of anilines is 1. The fraction of sp³-hybridized carbons (Fsp3) is 0.217. The van der Waals surface area contributed by atoms with E-state index in [1.54, 1.807) is 43.5 Å². The number of nitrogens with zero attached hydrogens (tertiary/aromatic N) is 3. The van der Waals surface area contributed by atoms with E-state index in [0.29, 0.717) is 26.4 Å². The van der Waals surface area contributed by atoms with Crippen LogP contribution in [0.2, 0.25) is 0 Å². The summed E-state index contributed by atoms with van der Waals surface area (Å²) < 4.78 is 10.9. The average molecular weight is 468 g/mol. The van der Waals surface area contributed by atoms with Crippen molar-refractivity contribution in [3.05, 3.63) is 59.0 Å². The molecule has 1 heterocycles. The molecule has 0 unspecified atom stereocenters. The Morgan fingerprint density at radius 1 is 1.19 bits per heavy atom. The smallest absolute Gasteiger partial charge is 0.266 e. The van der Waals surface area contributed by atoms with Crippen molar-refractivity contribution in [2.45, 2.75) is 6.42 Å². The summed E-state index contributed by atoms with van der Waals surface area (Å²) in [4.78, 5) is 29.2. The van der Waals surface area contributed by atoms with Gasteiger partial charge in [0.15, 0.2) is 11.5 Å². The minimum atomic E-state index is -0.337. The topological polar surface area (TPSA) is 82.9 Å². The van der Waals surface area contributed by atoms with Crippen LogP contribution in [0.15, 0.2) is 53.4 Å². The second kappa shape index (κ2) is 10.8. The van der Waals surface area contributed by atoms with Gasteiger partial charge in [-0.3, -0.25) is 14.5 Å². The van der Waals surface area contributed by atoms with E-state index < -0.39 is 0 Å². The van der Waals surface area contributed by atoms with Gasteiger partial charge in [-0.15, -0.1) is 0 Å². The van der Waals surface area contributed by atoms with Crippen molar-refractivity contribution < 1.29 is 19.1 Å². The summed E-state index contributed by atoms with van der Waals surface area (Å²) in [5.74, 6) is 0.482. The normalized spacial score (nSPS) is 14.4. The molecule has 0 aliphatic carbocycles. The van der Waals surface area contributed by atoms with E-state index in [1.807, 2.05) is 18.2 Å². The maximum atomic E-state index is 13.0. The molecule has 0 saturated carbocycles. The van der Waals surface area contributed by atoms with Gasteiger partial charge in [-0.2, -0.15) is 5.26 Å². The van der Waals surface area contributed by atoms with Crippen LogP contribution in [0.25, 0.3) is 6.08 Å². The van der Waals surface area contributed by atoms with Gasteiger partial charge in [0.05, 0.1) is 31.6 Å². The molecule has 0 aromatic heterocycles. The molecule has 32 heavy (non-hydrogen) atoms. The molecule has 9 heteroatoms. The van der Waals surface area contributed by atoms with Crippen LogP contribution < -0.4 is 14.4 Å². The zero-order valence-corrected chi connectivity index (χ0v) is 19.2. The maximum Gasteiger partial charge on any atom is 0.266 e. The standard InChI is InChI=1S/C23H21N3O4S2/c1-29-18-10-9-16(13-19(18)30-2)14-20-22(28)26(23(31)32-20)15-21(27)25(12-6-11-24)17-7-4-3-5-8-17/h3-5,7-10,13-14H,6,12,15H2,1-2H3/b20-14-. The van der Waals surface area contributed by atoms with Crippen molar-refractivity contribution >= 4 is 51.9 Å². The SMILES string of the molecule is COc1ccc(/C=C2\SC(=S)N(CC(=O)N(CCC#N)c3ccccc3)C2=O)cc1OC. The molecule has 0 bridgehead atoms. The van der Waals surface area contributed by atoms with Crippen molar-refractivity contribution in [2.24, 2.45) is 0 Å². The molecule has 2 aromatic carbocycles. The fourth-order valence-corrected chi connectivity index (χ4v) is 4.37. The van der Waals surface area contributed by atoms with E-state index in [1.165, 1.54) is 16.9 Å². The van der Waals surface area contributed by atoms with Crippen LogP contribution in [0.3, 0.4) is 0 Å². The highest BCUT2D eigenvalue weighted by Gasteiger charge is 2.34. The number of thiocarbonyl (C=S) groups is 1. The lowest BCUT2D eigenvalue weighted by atomic mass is 10.2. The molecule has 164 valence electrons. The summed E-state index contributed by atoms with van der Waals surface area (Å²) in [6, 6.07) is 16.4. The molecule has 0 spiro atoms. The van der Waals surface area contributed by atoms with Crippen molar-refractivity contribution in [3.63, 3.8) is 0 Å². The summed E-state index contributed by atoms with van der Waals surface area (Å²) in [5.41, 5.74) is 1.41. The van der Waals surface area contributed by atoms with Crippen LogP contribution >= 0.6 is 24.0 Å². The first-order valence-corrected chi connectivity index (χ1v) is 10.9. The molecular weight excluding hydrogens is 446 g/mol. The molecule has 7 nitrogen and oxygen atoms in total. The first kappa shape index (κ1) is 23.3. The molecule has 1 saturated heterocycles. The number of nitriles is 1.